The molecule has 1 aliphatic carbocycles. The summed E-state index contributed by atoms with van der Waals surface area (Å²) in [5.41, 5.74) is -0.913. The third-order valence-electron chi connectivity index (χ3n) is 3.03. The van der Waals surface area contributed by atoms with Crippen molar-refractivity contribution in [2.24, 2.45) is 5.41 Å². The monoisotopic (exact) mass is 248 g/mol. The summed E-state index contributed by atoms with van der Waals surface area (Å²) < 4.78 is 35.5. The Kier molecular flexibility index (Phi) is 4.38. The lowest BCUT2D eigenvalue weighted by Crippen LogP contribution is -2.44. The van der Waals surface area contributed by atoms with E-state index < -0.39 is 18.0 Å². The van der Waals surface area contributed by atoms with Gasteiger partial charge in [0.1, 0.15) is 5.41 Å². The summed E-state index contributed by atoms with van der Waals surface area (Å²) in [4.78, 5) is 11.6. The molecule has 0 atom stereocenters. The van der Waals surface area contributed by atoms with Crippen molar-refractivity contribution in [1.82, 2.24) is 5.32 Å². The molecular formula is C11H15F3N2O. The third kappa shape index (κ3) is 3.91. The second-order valence-corrected chi connectivity index (χ2v) is 4.38. The van der Waals surface area contributed by atoms with Gasteiger partial charge in [-0.3, -0.25) is 4.79 Å². The number of alkyl halides is 3. The van der Waals surface area contributed by atoms with Crippen LogP contribution in [0.2, 0.25) is 0 Å². The first-order valence-electron chi connectivity index (χ1n) is 5.66. The molecule has 1 fully saturated rings. The number of amides is 1. The van der Waals surface area contributed by atoms with Crippen molar-refractivity contribution in [2.45, 2.75) is 44.7 Å². The normalized spacial score (nSPS) is 18.0. The van der Waals surface area contributed by atoms with E-state index in [4.69, 9.17) is 5.26 Å². The van der Waals surface area contributed by atoms with Gasteiger partial charge in [-0.1, -0.05) is 0 Å². The number of carbonyl (C=O) groups excluding carboxylic acids is 1. The minimum absolute atomic E-state index is 0.00331. The standard InChI is InChI=1S/C11H15F3N2O/c12-11(13,14)6-1-2-7-16-9(17)10(8-15)4-3-5-10/h1-7H2,(H,16,17). The Bertz CT molecular complexity index is 316. The molecule has 0 saturated heterocycles. The highest BCUT2D eigenvalue weighted by Gasteiger charge is 2.44. The highest BCUT2D eigenvalue weighted by atomic mass is 19.4. The average Bonchev–Trinajstić information content (AvgIpc) is 2.14. The van der Waals surface area contributed by atoms with Crippen LogP contribution in [-0.2, 0) is 4.79 Å². The number of carbonyl (C=O) groups is 1. The van der Waals surface area contributed by atoms with E-state index >= 15 is 0 Å². The fraction of sp³-hybridized carbons (Fsp3) is 0.818. The number of hydrogen-bond donors (Lipinski definition) is 1. The molecule has 0 heterocycles. The van der Waals surface area contributed by atoms with E-state index in [0.717, 1.165) is 6.42 Å². The fourth-order valence-corrected chi connectivity index (χ4v) is 1.74. The molecule has 0 aliphatic heterocycles. The average molecular weight is 248 g/mol. The quantitative estimate of drug-likeness (QED) is 0.760. The van der Waals surface area contributed by atoms with Gasteiger partial charge in [-0.2, -0.15) is 18.4 Å². The molecule has 17 heavy (non-hydrogen) atoms. The first-order valence-corrected chi connectivity index (χ1v) is 5.66. The summed E-state index contributed by atoms with van der Waals surface area (Å²) in [5.74, 6) is -0.335. The van der Waals surface area contributed by atoms with E-state index in [1.165, 1.54) is 0 Å². The molecular weight excluding hydrogens is 233 g/mol. The lowest BCUT2D eigenvalue weighted by molar-refractivity contribution is -0.135. The fourth-order valence-electron chi connectivity index (χ4n) is 1.74. The lowest BCUT2D eigenvalue weighted by Gasteiger charge is -2.33. The van der Waals surface area contributed by atoms with E-state index in [2.05, 4.69) is 5.32 Å². The molecule has 1 N–H and O–H groups in total. The summed E-state index contributed by atoms with van der Waals surface area (Å²) in [5, 5.41) is 11.4. The van der Waals surface area contributed by atoms with Gasteiger partial charge in [0.2, 0.25) is 5.91 Å². The van der Waals surface area contributed by atoms with Crippen LogP contribution in [0, 0.1) is 16.7 Å². The summed E-state index contributed by atoms with van der Waals surface area (Å²) >= 11 is 0. The number of nitrogens with zero attached hydrogens (tertiary/aromatic N) is 1. The molecule has 1 amide bonds. The van der Waals surface area contributed by atoms with Crippen molar-refractivity contribution in [2.75, 3.05) is 6.54 Å². The maximum Gasteiger partial charge on any atom is 0.389 e. The zero-order chi connectivity index (χ0) is 12.9. The predicted molar refractivity (Wildman–Crippen MR) is 54.8 cm³/mol. The molecule has 0 aromatic carbocycles. The highest BCUT2D eigenvalue weighted by Crippen LogP contribution is 2.40. The summed E-state index contributed by atoms with van der Waals surface area (Å²) in [6.45, 7) is 0.207. The molecule has 0 aromatic heterocycles. The van der Waals surface area contributed by atoms with Crippen LogP contribution in [0.4, 0.5) is 13.2 Å². The Balaban J connectivity index is 2.15. The number of halogens is 3. The van der Waals surface area contributed by atoms with Crippen molar-refractivity contribution < 1.29 is 18.0 Å². The van der Waals surface area contributed by atoms with Gasteiger partial charge in [0.25, 0.3) is 0 Å². The van der Waals surface area contributed by atoms with Gasteiger partial charge in [-0.15, -0.1) is 0 Å². The van der Waals surface area contributed by atoms with Crippen LogP contribution in [0.25, 0.3) is 0 Å². The van der Waals surface area contributed by atoms with Crippen LogP contribution in [0.15, 0.2) is 0 Å². The van der Waals surface area contributed by atoms with Crippen LogP contribution in [-0.4, -0.2) is 18.6 Å². The Morgan fingerprint density at radius 3 is 2.41 bits per heavy atom. The second kappa shape index (κ2) is 5.39. The highest BCUT2D eigenvalue weighted by molar-refractivity contribution is 5.86. The Morgan fingerprint density at radius 1 is 1.35 bits per heavy atom. The number of rotatable bonds is 5. The minimum Gasteiger partial charge on any atom is -0.355 e. The van der Waals surface area contributed by atoms with Crippen molar-refractivity contribution in [3.63, 3.8) is 0 Å². The van der Waals surface area contributed by atoms with Crippen LogP contribution < -0.4 is 5.32 Å². The topological polar surface area (TPSA) is 52.9 Å². The Morgan fingerprint density at radius 2 is 2.00 bits per heavy atom. The van der Waals surface area contributed by atoms with E-state index in [1.54, 1.807) is 0 Å². The zero-order valence-corrected chi connectivity index (χ0v) is 9.44. The SMILES string of the molecule is N#CC1(C(=O)NCCCCC(F)(F)F)CCC1. The van der Waals surface area contributed by atoms with Crippen molar-refractivity contribution in [3.8, 4) is 6.07 Å². The maximum absolute atomic E-state index is 11.8. The molecule has 1 aliphatic rings. The maximum atomic E-state index is 11.8. The largest absolute Gasteiger partial charge is 0.389 e. The second-order valence-electron chi connectivity index (χ2n) is 4.38. The van der Waals surface area contributed by atoms with Gasteiger partial charge in [-0.25, -0.2) is 0 Å². The van der Waals surface area contributed by atoms with Crippen LogP contribution in [0.1, 0.15) is 38.5 Å². The Labute approximate surface area is 98.0 Å². The van der Waals surface area contributed by atoms with Crippen molar-refractivity contribution in [1.29, 1.82) is 5.26 Å². The molecule has 96 valence electrons. The molecule has 6 heteroatoms. The van der Waals surface area contributed by atoms with Gasteiger partial charge in [0.05, 0.1) is 6.07 Å². The third-order valence-corrected chi connectivity index (χ3v) is 3.03. The summed E-state index contributed by atoms with van der Waals surface area (Å²) in [6, 6.07) is 1.99. The zero-order valence-electron chi connectivity index (χ0n) is 9.44. The number of nitrogens with one attached hydrogen (secondary N) is 1. The van der Waals surface area contributed by atoms with E-state index in [9.17, 15) is 18.0 Å². The van der Waals surface area contributed by atoms with Crippen LogP contribution >= 0.6 is 0 Å². The molecule has 3 nitrogen and oxygen atoms in total. The molecule has 1 rings (SSSR count). The van der Waals surface area contributed by atoms with Gasteiger partial charge in [0.15, 0.2) is 0 Å². The molecule has 0 spiro atoms. The molecule has 1 saturated carbocycles. The lowest BCUT2D eigenvalue weighted by atomic mass is 9.69. The summed E-state index contributed by atoms with van der Waals surface area (Å²) in [7, 11) is 0. The van der Waals surface area contributed by atoms with E-state index in [0.29, 0.717) is 12.8 Å². The van der Waals surface area contributed by atoms with Gasteiger partial charge in [-0.05, 0) is 32.1 Å². The van der Waals surface area contributed by atoms with E-state index in [1.807, 2.05) is 6.07 Å². The Hall–Kier alpha value is -1.25. The van der Waals surface area contributed by atoms with E-state index in [-0.39, 0.29) is 25.3 Å². The first-order chi connectivity index (χ1) is 7.90. The molecule has 0 radical (unpaired) electrons. The van der Waals surface area contributed by atoms with Gasteiger partial charge in [0, 0.05) is 13.0 Å². The minimum atomic E-state index is -4.13. The number of unbranched alkanes of at least 4 members (excludes halogenated alkanes) is 1. The van der Waals surface area contributed by atoms with Crippen molar-refractivity contribution in [3.05, 3.63) is 0 Å². The van der Waals surface area contributed by atoms with Crippen LogP contribution in [0.3, 0.4) is 0 Å². The summed E-state index contributed by atoms with van der Waals surface area (Å²) in [6.07, 6.45) is -2.71. The number of nitriles is 1. The number of hydrogen-bond acceptors (Lipinski definition) is 2. The predicted octanol–water partition coefficient (Wildman–Crippen LogP) is 2.53. The van der Waals surface area contributed by atoms with Crippen LogP contribution in [0.5, 0.6) is 0 Å². The van der Waals surface area contributed by atoms with Gasteiger partial charge < -0.3 is 5.32 Å². The molecule has 0 unspecified atom stereocenters. The van der Waals surface area contributed by atoms with Gasteiger partial charge >= 0.3 is 6.18 Å². The molecule has 0 aromatic rings. The smallest absolute Gasteiger partial charge is 0.355 e. The molecule has 0 bridgehead atoms. The first kappa shape index (κ1) is 13.8. The van der Waals surface area contributed by atoms with Crippen molar-refractivity contribution >= 4 is 5.91 Å².